The van der Waals surface area contributed by atoms with E-state index in [0.717, 1.165) is 10.1 Å². The van der Waals surface area contributed by atoms with Crippen molar-refractivity contribution in [3.63, 3.8) is 0 Å². The second-order valence-electron chi connectivity index (χ2n) is 6.98. The van der Waals surface area contributed by atoms with Crippen LogP contribution in [0.5, 0.6) is 0 Å². The summed E-state index contributed by atoms with van der Waals surface area (Å²) in [5.41, 5.74) is 0.938. The molecule has 0 aliphatic rings. The maximum Gasteiger partial charge on any atom is 0.326 e. The molecule has 0 bridgehead atoms. The van der Waals surface area contributed by atoms with E-state index in [4.69, 9.17) is 20.9 Å². The van der Waals surface area contributed by atoms with E-state index in [1.54, 1.807) is 26.0 Å². The van der Waals surface area contributed by atoms with Gasteiger partial charge in [-0.05, 0) is 31.5 Å². The Bertz CT molecular complexity index is 1320. The molecule has 0 aliphatic carbocycles. The molecule has 7 nitrogen and oxygen atoms in total. The highest BCUT2D eigenvalue weighted by molar-refractivity contribution is 7.21. The maximum atomic E-state index is 13.8. The van der Waals surface area contributed by atoms with Gasteiger partial charge >= 0.3 is 5.97 Å². The molecule has 1 atom stereocenters. The number of aromatic nitrogens is 2. The van der Waals surface area contributed by atoms with Gasteiger partial charge in [-0.2, -0.15) is 4.98 Å². The van der Waals surface area contributed by atoms with Gasteiger partial charge in [-0.15, -0.1) is 11.3 Å². The van der Waals surface area contributed by atoms with Crippen LogP contribution < -0.4 is 5.32 Å². The number of amides is 1. The minimum atomic E-state index is -0.858. The molecular formula is C22H17ClFN3O4S. The fourth-order valence-electron chi connectivity index (χ4n) is 2.93. The van der Waals surface area contributed by atoms with Gasteiger partial charge in [0.2, 0.25) is 5.82 Å². The fraction of sp³-hybridized carbons (Fsp3) is 0.182. The lowest BCUT2D eigenvalue weighted by Crippen LogP contribution is -2.30. The summed E-state index contributed by atoms with van der Waals surface area (Å²) in [6.07, 6.45) is -0.858. The number of fused-ring (bicyclic) bond motifs is 1. The van der Waals surface area contributed by atoms with Gasteiger partial charge in [0.1, 0.15) is 17.2 Å². The highest BCUT2D eigenvalue weighted by atomic mass is 35.5. The van der Waals surface area contributed by atoms with Crippen LogP contribution in [-0.4, -0.2) is 28.6 Å². The van der Waals surface area contributed by atoms with Gasteiger partial charge in [0, 0.05) is 15.6 Å². The predicted molar refractivity (Wildman–Crippen MR) is 118 cm³/mol. The molecule has 0 saturated carbocycles. The third kappa shape index (κ3) is 4.49. The number of benzene rings is 2. The molecule has 4 aromatic rings. The molecule has 164 valence electrons. The van der Waals surface area contributed by atoms with E-state index in [2.05, 4.69) is 15.5 Å². The van der Waals surface area contributed by atoms with E-state index in [0.29, 0.717) is 21.0 Å². The molecular weight excluding hydrogens is 457 g/mol. The monoisotopic (exact) mass is 473 g/mol. The lowest BCUT2D eigenvalue weighted by atomic mass is 10.1. The van der Waals surface area contributed by atoms with E-state index in [-0.39, 0.29) is 24.1 Å². The molecule has 1 amide bonds. The second kappa shape index (κ2) is 9.05. The van der Waals surface area contributed by atoms with E-state index in [1.807, 2.05) is 24.3 Å². The molecule has 0 radical (unpaired) electrons. The summed E-state index contributed by atoms with van der Waals surface area (Å²) >= 11 is 7.53. The summed E-state index contributed by atoms with van der Waals surface area (Å²) in [4.78, 5) is 29.1. The molecule has 4 rings (SSSR count). The average molecular weight is 474 g/mol. The van der Waals surface area contributed by atoms with Crippen LogP contribution >= 0.6 is 22.9 Å². The quantitative estimate of drug-likeness (QED) is 0.392. The van der Waals surface area contributed by atoms with Gasteiger partial charge in [0.05, 0.1) is 5.02 Å². The maximum absolute atomic E-state index is 13.8. The molecule has 0 aliphatic heterocycles. The average Bonchev–Trinajstić information content (AvgIpc) is 3.40. The van der Waals surface area contributed by atoms with Crippen molar-refractivity contribution in [1.29, 1.82) is 0 Å². The number of rotatable bonds is 6. The van der Waals surface area contributed by atoms with E-state index in [9.17, 15) is 14.0 Å². The van der Waals surface area contributed by atoms with Crippen molar-refractivity contribution in [2.24, 2.45) is 0 Å². The molecule has 0 fully saturated rings. The molecule has 2 heterocycles. The second-order valence-corrected chi connectivity index (χ2v) is 8.41. The highest BCUT2D eigenvalue weighted by Crippen LogP contribution is 2.35. The number of nitrogens with zero attached hydrogens (tertiary/aromatic N) is 2. The van der Waals surface area contributed by atoms with Crippen molar-refractivity contribution in [3.8, 4) is 11.4 Å². The van der Waals surface area contributed by atoms with Crippen LogP contribution in [-0.2, 0) is 9.53 Å². The van der Waals surface area contributed by atoms with Crippen LogP contribution in [0.1, 0.15) is 34.2 Å². The van der Waals surface area contributed by atoms with Gasteiger partial charge in [0.15, 0.2) is 6.10 Å². The minimum absolute atomic E-state index is 0.0493. The number of hydrogen-bond donors (Lipinski definition) is 1. The zero-order valence-electron chi connectivity index (χ0n) is 17.0. The van der Waals surface area contributed by atoms with Crippen LogP contribution in [0, 0.1) is 12.7 Å². The van der Waals surface area contributed by atoms with Crippen LogP contribution in [0.25, 0.3) is 21.5 Å². The number of hydrogen-bond acceptors (Lipinski definition) is 7. The standard InChI is InChI=1S/C22H17ClFN3O4S/c1-11-7-8-13(9-15(11)24)20-26-22(31-27-20)12(2)30-17(28)10-25-21(29)19-18(23)14-5-3-4-6-16(14)32-19/h3-9,12H,10H2,1-2H3,(H,25,29). The first-order valence-electron chi connectivity index (χ1n) is 9.58. The number of ether oxygens (including phenoxy) is 1. The largest absolute Gasteiger partial charge is 0.451 e. The Hall–Kier alpha value is -3.30. The van der Waals surface area contributed by atoms with Gasteiger partial charge in [0.25, 0.3) is 11.8 Å². The molecule has 0 saturated heterocycles. The Kier molecular flexibility index (Phi) is 6.20. The molecule has 32 heavy (non-hydrogen) atoms. The number of aryl methyl sites for hydroxylation is 1. The van der Waals surface area contributed by atoms with Gasteiger partial charge in [-0.3, -0.25) is 9.59 Å². The Balaban J connectivity index is 1.35. The summed E-state index contributed by atoms with van der Waals surface area (Å²) in [6, 6.07) is 11.9. The predicted octanol–water partition coefficient (Wildman–Crippen LogP) is 5.09. The summed E-state index contributed by atoms with van der Waals surface area (Å²) in [6.45, 7) is 2.84. The van der Waals surface area contributed by atoms with Gasteiger partial charge in [-0.25, -0.2) is 4.39 Å². The highest BCUT2D eigenvalue weighted by Gasteiger charge is 2.21. The first-order chi connectivity index (χ1) is 15.3. The van der Waals surface area contributed by atoms with Crippen molar-refractivity contribution in [2.75, 3.05) is 6.54 Å². The summed E-state index contributed by atoms with van der Waals surface area (Å²) in [7, 11) is 0. The number of nitrogens with one attached hydrogen (secondary N) is 1. The van der Waals surface area contributed by atoms with Crippen molar-refractivity contribution >= 4 is 44.9 Å². The zero-order valence-corrected chi connectivity index (χ0v) is 18.6. The number of esters is 1. The van der Waals surface area contributed by atoms with Crippen LogP contribution in [0.15, 0.2) is 47.0 Å². The third-order valence-corrected chi connectivity index (χ3v) is 6.34. The Labute approximate surface area is 191 Å². The molecule has 1 N–H and O–H groups in total. The van der Waals surface area contributed by atoms with Crippen molar-refractivity contribution < 1.29 is 23.2 Å². The topological polar surface area (TPSA) is 94.3 Å². The first kappa shape index (κ1) is 21.9. The van der Waals surface area contributed by atoms with Crippen LogP contribution in [0.2, 0.25) is 5.02 Å². The molecule has 10 heteroatoms. The number of halogens is 2. The third-order valence-electron chi connectivity index (χ3n) is 4.66. The smallest absolute Gasteiger partial charge is 0.326 e. The zero-order chi connectivity index (χ0) is 22.8. The first-order valence-corrected chi connectivity index (χ1v) is 10.8. The minimum Gasteiger partial charge on any atom is -0.451 e. The summed E-state index contributed by atoms with van der Waals surface area (Å²) < 4.78 is 25.0. The van der Waals surface area contributed by atoms with E-state index >= 15 is 0 Å². The number of carbonyl (C=O) groups is 2. The lowest BCUT2D eigenvalue weighted by molar-refractivity contribution is -0.148. The SMILES string of the molecule is Cc1ccc(-c2noc(C(C)OC(=O)CNC(=O)c3sc4ccccc4c3Cl)n2)cc1F. The number of thiophene rings is 1. The summed E-state index contributed by atoms with van der Waals surface area (Å²) in [5, 5.41) is 7.43. The number of carbonyl (C=O) groups excluding carboxylic acids is 2. The van der Waals surface area contributed by atoms with E-state index in [1.165, 1.54) is 17.4 Å². The van der Waals surface area contributed by atoms with Crippen molar-refractivity contribution in [2.45, 2.75) is 20.0 Å². The molecule has 1 unspecified atom stereocenters. The van der Waals surface area contributed by atoms with E-state index < -0.39 is 18.0 Å². The van der Waals surface area contributed by atoms with Crippen molar-refractivity contribution in [3.05, 3.63) is 69.6 Å². The van der Waals surface area contributed by atoms with Crippen molar-refractivity contribution in [1.82, 2.24) is 15.5 Å². The van der Waals surface area contributed by atoms with Crippen LogP contribution in [0.4, 0.5) is 4.39 Å². The Morgan fingerprint density at radius 1 is 1.28 bits per heavy atom. The molecule has 2 aromatic carbocycles. The van der Waals surface area contributed by atoms with Gasteiger partial charge in [-0.1, -0.05) is 47.1 Å². The normalized spacial score (nSPS) is 12.0. The van der Waals surface area contributed by atoms with Gasteiger partial charge < -0.3 is 14.6 Å². The lowest BCUT2D eigenvalue weighted by Gasteiger charge is -2.09. The fourth-order valence-corrected chi connectivity index (χ4v) is 4.36. The van der Waals surface area contributed by atoms with Crippen LogP contribution in [0.3, 0.4) is 0 Å². The Morgan fingerprint density at radius 3 is 2.81 bits per heavy atom. The molecule has 0 spiro atoms. The molecule has 2 aromatic heterocycles. The Morgan fingerprint density at radius 2 is 2.06 bits per heavy atom. The summed E-state index contributed by atoms with van der Waals surface area (Å²) in [5.74, 6) is -1.32.